The fourth-order valence-corrected chi connectivity index (χ4v) is 3.34. The zero-order valence-electron chi connectivity index (χ0n) is 11.3. The molecule has 0 aliphatic carbocycles. The summed E-state index contributed by atoms with van der Waals surface area (Å²) in [5.41, 5.74) is 7.38. The van der Waals surface area contributed by atoms with Gasteiger partial charge in [-0.15, -0.1) is 0 Å². The Morgan fingerprint density at radius 3 is 2.70 bits per heavy atom. The zero-order chi connectivity index (χ0) is 13.9. The van der Waals surface area contributed by atoms with E-state index < -0.39 is 0 Å². The van der Waals surface area contributed by atoms with Crippen molar-refractivity contribution in [2.24, 2.45) is 5.73 Å². The first-order chi connectivity index (χ1) is 9.78. The number of furan rings is 1. The number of hydrogen-bond acceptors (Lipinski definition) is 3. The molecule has 2 aromatic rings. The first-order valence-corrected chi connectivity index (χ1v) is 7.81. The van der Waals surface area contributed by atoms with Gasteiger partial charge in [0.05, 0.1) is 6.04 Å². The summed E-state index contributed by atoms with van der Waals surface area (Å²) < 4.78 is 6.45. The molecule has 1 aliphatic rings. The first kappa shape index (κ1) is 13.9. The Morgan fingerprint density at radius 2 is 2.05 bits per heavy atom. The maximum absolute atomic E-state index is 5.96. The monoisotopic (exact) mass is 334 g/mol. The standard InChI is InChI=1S/C16H19BrN2O/c17-16-7-6-15(20-16)14(10-18)19-9-8-13(11-19)12-4-2-1-3-5-12/h1-7,13-14H,8-11,18H2. The first-order valence-electron chi connectivity index (χ1n) is 7.02. The van der Waals surface area contributed by atoms with E-state index in [0.29, 0.717) is 12.5 Å². The predicted molar refractivity (Wildman–Crippen MR) is 83.6 cm³/mol. The van der Waals surface area contributed by atoms with Gasteiger partial charge in [0.15, 0.2) is 4.67 Å². The minimum Gasteiger partial charge on any atom is -0.453 e. The normalized spacial score (nSPS) is 21.2. The average molecular weight is 335 g/mol. The molecular weight excluding hydrogens is 316 g/mol. The fraction of sp³-hybridized carbons (Fsp3) is 0.375. The number of benzene rings is 1. The summed E-state index contributed by atoms with van der Waals surface area (Å²) in [4.78, 5) is 2.43. The van der Waals surface area contributed by atoms with Crippen LogP contribution < -0.4 is 5.73 Å². The maximum atomic E-state index is 5.96. The number of hydrogen-bond donors (Lipinski definition) is 1. The van der Waals surface area contributed by atoms with Gasteiger partial charge in [-0.2, -0.15) is 0 Å². The van der Waals surface area contributed by atoms with Crippen LogP contribution in [0.3, 0.4) is 0 Å². The number of nitrogens with zero attached hydrogens (tertiary/aromatic N) is 1. The third kappa shape index (κ3) is 2.82. The highest BCUT2D eigenvalue weighted by atomic mass is 79.9. The minimum absolute atomic E-state index is 0.176. The van der Waals surface area contributed by atoms with E-state index in [1.807, 2.05) is 12.1 Å². The molecule has 0 amide bonds. The minimum atomic E-state index is 0.176. The van der Waals surface area contributed by atoms with Crippen molar-refractivity contribution in [1.82, 2.24) is 4.90 Å². The Morgan fingerprint density at radius 1 is 1.25 bits per heavy atom. The number of nitrogens with two attached hydrogens (primary N) is 1. The lowest BCUT2D eigenvalue weighted by Gasteiger charge is -2.25. The van der Waals surface area contributed by atoms with Gasteiger partial charge in [-0.05, 0) is 52.5 Å². The zero-order valence-corrected chi connectivity index (χ0v) is 12.9. The number of likely N-dealkylation sites (tertiary alicyclic amines) is 1. The van der Waals surface area contributed by atoms with Crippen LogP contribution in [-0.2, 0) is 0 Å². The van der Waals surface area contributed by atoms with E-state index >= 15 is 0 Å². The van der Waals surface area contributed by atoms with E-state index in [-0.39, 0.29) is 6.04 Å². The van der Waals surface area contributed by atoms with Crippen molar-refractivity contribution in [2.75, 3.05) is 19.6 Å². The van der Waals surface area contributed by atoms with Crippen molar-refractivity contribution in [2.45, 2.75) is 18.4 Å². The van der Waals surface area contributed by atoms with Gasteiger partial charge in [-0.25, -0.2) is 0 Å². The van der Waals surface area contributed by atoms with Crippen molar-refractivity contribution >= 4 is 15.9 Å². The fourth-order valence-electron chi connectivity index (χ4n) is 3.02. The lowest BCUT2D eigenvalue weighted by molar-refractivity contribution is 0.216. The van der Waals surface area contributed by atoms with Gasteiger partial charge < -0.3 is 10.2 Å². The third-order valence-corrected chi connectivity index (χ3v) is 4.50. The summed E-state index contributed by atoms with van der Waals surface area (Å²) in [6.07, 6.45) is 1.18. The molecule has 3 nitrogen and oxygen atoms in total. The molecule has 0 spiro atoms. The van der Waals surface area contributed by atoms with Crippen molar-refractivity contribution in [1.29, 1.82) is 0 Å². The Balaban J connectivity index is 1.72. The lowest BCUT2D eigenvalue weighted by atomic mass is 9.99. The molecule has 4 heteroatoms. The van der Waals surface area contributed by atoms with Crippen LogP contribution >= 0.6 is 15.9 Å². The van der Waals surface area contributed by atoms with E-state index in [2.05, 4.69) is 51.2 Å². The Hall–Kier alpha value is -1.10. The molecule has 2 heterocycles. The van der Waals surface area contributed by atoms with E-state index in [4.69, 9.17) is 10.2 Å². The van der Waals surface area contributed by atoms with Crippen LogP contribution in [0.4, 0.5) is 0 Å². The lowest BCUT2D eigenvalue weighted by Crippen LogP contribution is -2.31. The summed E-state index contributed by atoms with van der Waals surface area (Å²) in [5.74, 6) is 1.55. The molecule has 1 aromatic carbocycles. The van der Waals surface area contributed by atoms with Gasteiger partial charge >= 0.3 is 0 Å². The van der Waals surface area contributed by atoms with Crippen LogP contribution in [0.25, 0.3) is 0 Å². The molecule has 2 unspecified atom stereocenters. The van der Waals surface area contributed by atoms with E-state index in [1.54, 1.807) is 0 Å². The second-order valence-corrected chi connectivity index (χ2v) is 6.07. The molecule has 1 fully saturated rings. The molecular formula is C16H19BrN2O. The van der Waals surface area contributed by atoms with Gasteiger partial charge in [0.1, 0.15) is 5.76 Å². The van der Waals surface area contributed by atoms with Crippen LogP contribution in [0.15, 0.2) is 51.6 Å². The van der Waals surface area contributed by atoms with Crippen LogP contribution in [0, 0.1) is 0 Å². The molecule has 1 saturated heterocycles. The molecule has 20 heavy (non-hydrogen) atoms. The summed E-state index contributed by atoms with van der Waals surface area (Å²) in [6.45, 7) is 2.70. The van der Waals surface area contributed by atoms with Crippen molar-refractivity contribution in [3.63, 3.8) is 0 Å². The number of halogens is 1. The Kier molecular flexibility index (Phi) is 4.24. The van der Waals surface area contributed by atoms with Crippen LogP contribution in [0.2, 0.25) is 0 Å². The van der Waals surface area contributed by atoms with Gasteiger partial charge in [0, 0.05) is 13.1 Å². The summed E-state index contributed by atoms with van der Waals surface area (Å²) in [5, 5.41) is 0. The summed E-state index contributed by atoms with van der Waals surface area (Å²) in [6, 6.07) is 14.9. The largest absolute Gasteiger partial charge is 0.453 e. The van der Waals surface area contributed by atoms with Crippen molar-refractivity contribution in [3.8, 4) is 0 Å². The Labute approximate surface area is 127 Å². The highest BCUT2D eigenvalue weighted by Crippen LogP contribution is 2.33. The SMILES string of the molecule is NCC(c1ccc(Br)o1)N1CCC(c2ccccc2)C1. The van der Waals surface area contributed by atoms with Crippen LogP contribution in [0.5, 0.6) is 0 Å². The highest BCUT2D eigenvalue weighted by Gasteiger charge is 2.30. The molecule has 1 aromatic heterocycles. The summed E-state index contributed by atoms with van der Waals surface area (Å²) in [7, 11) is 0. The Bertz CT molecular complexity index is 555. The second-order valence-electron chi connectivity index (χ2n) is 5.28. The van der Waals surface area contributed by atoms with Gasteiger partial charge in [0.2, 0.25) is 0 Å². The smallest absolute Gasteiger partial charge is 0.169 e. The van der Waals surface area contributed by atoms with Crippen molar-refractivity contribution < 1.29 is 4.42 Å². The number of rotatable bonds is 4. The van der Waals surface area contributed by atoms with Crippen molar-refractivity contribution in [3.05, 3.63) is 58.5 Å². The molecule has 2 N–H and O–H groups in total. The molecule has 0 bridgehead atoms. The molecule has 3 rings (SSSR count). The third-order valence-electron chi connectivity index (χ3n) is 4.08. The van der Waals surface area contributed by atoms with Gasteiger partial charge in [-0.1, -0.05) is 30.3 Å². The van der Waals surface area contributed by atoms with Gasteiger partial charge in [0.25, 0.3) is 0 Å². The molecule has 1 aliphatic heterocycles. The second kappa shape index (κ2) is 6.12. The maximum Gasteiger partial charge on any atom is 0.169 e. The van der Waals surface area contributed by atoms with E-state index in [9.17, 15) is 0 Å². The highest BCUT2D eigenvalue weighted by molar-refractivity contribution is 9.10. The summed E-state index contributed by atoms with van der Waals surface area (Å²) >= 11 is 3.36. The quantitative estimate of drug-likeness (QED) is 0.929. The van der Waals surface area contributed by atoms with Crippen LogP contribution in [0.1, 0.15) is 29.7 Å². The van der Waals surface area contributed by atoms with E-state index in [1.165, 1.54) is 12.0 Å². The predicted octanol–water partition coefficient (Wildman–Crippen LogP) is 3.53. The molecule has 106 valence electrons. The topological polar surface area (TPSA) is 42.4 Å². The van der Waals surface area contributed by atoms with Gasteiger partial charge in [-0.3, -0.25) is 4.90 Å². The van der Waals surface area contributed by atoms with E-state index in [0.717, 1.165) is 23.5 Å². The average Bonchev–Trinajstić information content (AvgIpc) is 3.11. The van der Waals surface area contributed by atoms with Crippen LogP contribution in [-0.4, -0.2) is 24.5 Å². The molecule has 2 atom stereocenters. The molecule has 0 saturated carbocycles. The molecule has 0 radical (unpaired) electrons.